The van der Waals surface area contributed by atoms with Crippen molar-refractivity contribution in [2.75, 3.05) is 42.5 Å². The summed E-state index contributed by atoms with van der Waals surface area (Å²) in [5.74, 6) is -1.07. The summed E-state index contributed by atoms with van der Waals surface area (Å²) in [5.41, 5.74) is 2.64. The number of nitrogens with zero attached hydrogens (tertiary/aromatic N) is 3. The second kappa shape index (κ2) is 8.23. The Morgan fingerprint density at radius 2 is 1.69 bits per heavy atom. The molecule has 2 aromatic carbocycles. The Labute approximate surface area is 170 Å². The van der Waals surface area contributed by atoms with Gasteiger partial charge in [0.15, 0.2) is 0 Å². The molecule has 2 heterocycles. The van der Waals surface area contributed by atoms with Crippen molar-refractivity contribution in [2.45, 2.75) is 19.8 Å². The summed E-state index contributed by atoms with van der Waals surface area (Å²) in [7, 11) is 0. The van der Waals surface area contributed by atoms with Gasteiger partial charge in [0.25, 0.3) is 0 Å². The third-order valence-corrected chi connectivity index (χ3v) is 5.94. The van der Waals surface area contributed by atoms with Gasteiger partial charge in [-0.1, -0.05) is 31.2 Å². The van der Waals surface area contributed by atoms with Gasteiger partial charge in [0.2, 0.25) is 11.8 Å². The predicted molar refractivity (Wildman–Crippen MR) is 111 cm³/mol. The van der Waals surface area contributed by atoms with Crippen LogP contribution in [0.5, 0.6) is 0 Å². The molecule has 0 radical (unpaired) electrons. The zero-order chi connectivity index (χ0) is 20.4. The minimum absolute atomic E-state index is 0.101. The molecule has 6 heteroatoms. The SMILES string of the molecule is CCc1ccc(N2CC[C@H](C(=O)N3CCN(c4ccccc4F)CC3)C2=O)cc1. The molecule has 2 saturated heterocycles. The third-order valence-electron chi connectivity index (χ3n) is 5.94. The fraction of sp³-hybridized carbons (Fsp3) is 0.391. The van der Waals surface area contributed by atoms with Crippen molar-refractivity contribution in [3.8, 4) is 0 Å². The van der Waals surface area contributed by atoms with E-state index in [4.69, 9.17) is 0 Å². The number of carbonyl (C=O) groups excluding carboxylic acids is 2. The first kappa shape index (κ1) is 19.4. The standard InChI is InChI=1S/C23H26FN3O2/c1-2-17-7-9-18(10-8-17)27-12-11-19(23(27)29)22(28)26-15-13-25(14-16-26)21-6-4-3-5-20(21)24/h3-10,19H,2,11-16H2,1H3/t19-/m1/s1. The number of amides is 2. The van der Waals surface area contributed by atoms with Crippen LogP contribution in [0.2, 0.25) is 0 Å². The number of para-hydroxylation sites is 1. The molecule has 0 unspecified atom stereocenters. The number of halogens is 1. The molecule has 152 valence electrons. The molecule has 2 aliphatic heterocycles. The van der Waals surface area contributed by atoms with Gasteiger partial charge in [0.1, 0.15) is 11.7 Å². The summed E-state index contributed by atoms with van der Waals surface area (Å²) in [6, 6.07) is 14.7. The van der Waals surface area contributed by atoms with Crippen molar-refractivity contribution < 1.29 is 14.0 Å². The molecular formula is C23H26FN3O2. The van der Waals surface area contributed by atoms with Crippen LogP contribution in [0.25, 0.3) is 0 Å². The van der Waals surface area contributed by atoms with Crippen molar-refractivity contribution in [1.82, 2.24) is 4.90 Å². The van der Waals surface area contributed by atoms with Gasteiger partial charge in [-0.05, 0) is 42.7 Å². The number of carbonyl (C=O) groups is 2. The van der Waals surface area contributed by atoms with E-state index in [1.54, 1.807) is 21.9 Å². The molecule has 0 saturated carbocycles. The summed E-state index contributed by atoms with van der Waals surface area (Å²) in [6.45, 7) is 4.79. The van der Waals surface area contributed by atoms with Crippen LogP contribution in [0, 0.1) is 11.7 Å². The van der Waals surface area contributed by atoms with Crippen LogP contribution >= 0.6 is 0 Å². The molecule has 0 aliphatic carbocycles. The summed E-state index contributed by atoms with van der Waals surface area (Å²) >= 11 is 0. The lowest BCUT2D eigenvalue weighted by molar-refractivity contribution is -0.140. The molecule has 2 fully saturated rings. The second-order valence-corrected chi connectivity index (χ2v) is 7.61. The Hall–Kier alpha value is -2.89. The maximum absolute atomic E-state index is 14.0. The van der Waals surface area contributed by atoms with Crippen LogP contribution in [0.15, 0.2) is 48.5 Å². The van der Waals surface area contributed by atoms with Gasteiger partial charge >= 0.3 is 0 Å². The number of piperazine rings is 1. The Morgan fingerprint density at radius 1 is 1.00 bits per heavy atom. The van der Waals surface area contributed by atoms with E-state index in [-0.39, 0.29) is 17.6 Å². The van der Waals surface area contributed by atoms with E-state index >= 15 is 0 Å². The lowest BCUT2D eigenvalue weighted by Gasteiger charge is -2.37. The van der Waals surface area contributed by atoms with Gasteiger partial charge in [-0.15, -0.1) is 0 Å². The first-order valence-electron chi connectivity index (χ1n) is 10.3. The minimum atomic E-state index is -0.610. The van der Waals surface area contributed by atoms with Crippen LogP contribution in [0.3, 0.4) is 0 Å². The molecule has 2 aliphatic rings. The van der Waals surface area contributed by atoms with E-state index in [0.717, 1.165) is 12.1 Å². The van der Waals surface area contributed by atoms with Crippen molar-refractivity contribution in [3.63, 3.8) is 0 Å². The quantitative estimate of drug-likeness (QED) is 0.748. The molecule has 0 bridgehead atoms. The molecule has 1 atom stereocenters. The fourth-order valence-corrected chi connectivity index (χ4v) is 4.17. The molecule has 2 amide bonds. The van der Waals surface area contributed by atoms with E-state index in [1.165, 1.54) is 11.6 Å². The van der Waals surface area contributed by atoms with Crippen molar-refractivity contribution in [3.05, 3.63) is 59.9 Å². The Kier molecular flexibility index (Phi) is 5.51. The van der Waals surface area contributed by atoms with Gasteiger partial charge in [-0.25, -0.2) is 4.39 Å². The topological polar surface area (TPSA) is 43.9 Å². The highest BCUT2D eigenvalue weighted by Crippen LogP contribution is 2.28. The van der Waals surface area contributed by atoms with Gasteiger partial charge in [0, 0.05) is 38.4 Å². The number of anilines is 2. The molecule has 0 N–H and O–H groups in total. The molecular weight excluding hydrogens is 369 g/mol. The largest absolute Gasteiger partial charge is 0.366 e. The lowest BCUT2D eigenvalue weighted by Crippen LogP contribution is -2.51. The smallest absolute Gasteiger partial charge is 0.239 e. The fourth-order valence-electron chi connectivity index (χ4n) is 4.17. The van der Waals surface area contributed by atoms with Crippen LogP contribution in [-0.4, -0.2) is 49.4 Å². The summed E-state index contributed by atoms with van der Waals surface area (Å²) in [4.78, 5) is 31.3. The van der Waals surface area contributed by atoms with E-state index in [2.05, 4.69) is 6.92 Å². The number of hydrogen-bond acceptors (Lipinski definition) is 3. The zero-order valence-electron chi connectivity index (χ0n) is 16.7. The summed E-state index contributed by atoms with van der Waals surface area (Å²) in [5, 5.41) is 0. The zero-order valence-corrected chi connectivity index (χ0v) is 16.7. The highest BCUT2D eigenvalue weighted by molar-refractivity contribution is 6.09. The highest BCUT2D eigenvalue weighted by atomic mass is 19.1. The Bertz CT molecular complexity index is 891. The molecule has 0 aromatic heterocycles. The van der Waals surface area contributed by atoms with Crippen molar-refractivity contribution in [1.29, 1.82) is 0 Å². The Morgan fingerprint density at radius 3 is 2.34 bits per heavy atom. The third kappa shape index (κ3) is 3.84. The minimum Gasteiger partial charge on any atom is -0.366 e. The lowest BCUT2D eigenvalue weighted by atomic mass is 10.1. The number of benzene rings is 2. The maximum Gasteiger partial charge on any atom is 0.239 e. The highest BCUT2D eigenvalue weighted by Gasteiger charge is 2.40. The molecule has 29 heavy (non-hydrogen) atoms. The summed E-state index contributed by atoms with van der Waals surface area (Å²) in [6.07, 6.45) is 1.49. The van der Waals surface area contributed by atoms with Crippen LogP contribution < -0.4 is 9.80 Å². The van der Waals surface area contributed by atoms with Gasteiger partial charge < -0.3 is 14.7 Å². The summed E-state index contributed by atoms with van der Waals surface area (Å²) < 4.78 is 14.0. The second-order valence-electron chi connectivity index (χ2n) is 7.61. The molecule has 0 spiro atoms. The molecule has 4 rings (SSSR count). The van der Waals surface area contributed by atoms with Crippen molar-refractivity contribution in [2.24, 2.45) is 5.92 Å². The van der Waals surface area contributed by atoms with Gasteiger partial charge in [-0.2, -0.15) is 0 Å². The van der Waals surface area contributed by atoms with Crippen LogP contribution in [-0.2, 0) is 16.0 Å². The average Bonchev–Trinajstić information content (AvgIpc) is 3.15. The van der Waals surface area contributed by atoms with E-state index < -0.39 is 5.92 Å². The molecule has 5 nitrogen and oxygen atoms in total. The van der Waals surface area contributed by atoms with E-state index in [0.29, 0.717) is 44.8 Å². The van der Waals surface area contributed by atoms with Crippen molar-refractivity contribution >= 4 is 23.2 Å². The van der Waals surface area contributed by atoms with Crippen LogP contribution in [0.4, 0.5) is 15.8 Å². The monoisotopic (exact) mass is 395 g/mol. The Balaban J connectivity index is 1.38. The van der Waals surface area contributed by atoms with E-state index in [9.17, 15) is 14.0 Å². The normalized spacial score (nSPS) is 19.7. The van der Waals surface area contributed by atoms with Gasteiger partial charge in [0.05, 0.1) is 5.69 Å². The van der Waals surface area contributed by atoms with E-state index in [1.807, 2.05) is 35.2 Å². The maximum atomic E-state index is 14.0. The average molecular weight is 395 g/mol. The number of aryl methyl sites for hydroxylation is 1. The number of hydrogen-bond donors (Lipinski definition) is 0. The van der Waals surface area contributed by atoms with Gasteiger partial charge in [-0.3, -0.25) is 9.59 Å². The predicted octanol–water partition coefficient (Wildman–Crippen LogP) is 3.09. The first-order chi connectivity index (χ1) is 14.1. The van der Waals surface area contributed by atoms with Crippen LogP contribution in [0.1, 0.15) is 18.9 Å². The first-order valence-corrected chi connectivity index (χ1v) is 10.3. The number of rotatable bonds is 4. The molecule has 2 aromatic rings.